The minimum atomic E-state index is -1.09. The van der Waals surface area contributed by atoms with Crippen LogP contribution in [-0.2, 0) is 4.79 Å². The van der Waals surface area contributed by atoms with Gasteiger partial charge in [-0.2, -0.15) is 0 Å². The fourth-order valence-electron chi connectivity index (χ4n) is 1.29. The van der Waals surface area contributed by atoms with Gasteiger partial charge in [0.25, 0.3) is 0 Å². The molecule has 0 radical (unpaired) electrons. The van der Waals surface area contributed by atoms with Gasteiger partial charge in [0.15, 0.2) is 23.9 Å². The van der Waals surface area contributed by atoms with E-state index in [0.29, 0.717) is 33.2 Å². The molecular weight excluding hydrogens is 384 g/mol. The van der Waals surface area contributed by atoms with Gasteiger partial charge in [-0.15, -0.1) is 0 Å². The van der Waals surface area contributed by atoms with E-state index in [1.807, 2.05) is 0 Å². The molecule has 1 unspecified atom stereocenters. The molecule has 1 aromatic carbocycles. The number of hydrogen-bond acceptors (Lipinski definition) is 4. The first-order chi connectivity index (χ1) is 8.92. The molecule has 7 heteroatoms. The summed E-state index contributed by atoms with van der Waals surface area (Å²) in [7, 11) is 0. The molecule has 1 N–H and O–H groups in total. The Morgan fingerprint density at radius 1 is 1.47 bits per heavy atom. The van der Waals surface area contributed by atoms with Crippen molar-refractivity contribution in [1.29, 1.82) is 0 Å². The molecule has 1 atom stereocenters. The van der Waals surface area contributed by atoms with Crippen LogP contribution in [0.5, 0.6) is 11.5 Å². The number of ether oxygens (including phenoxy) is 2. The Hall–Kier alpha value is -1.08. The molecule has 1 rings (SSSR count). The van der Waals surface area contributed by atoms with Crippen LogP contribution in [0.2, 0.25) is 0 Å². The molecule has 1 aromatic rings. The van der Waals surface area contributed by atoms with Gasteiger partial charge in [0.2, 0.25) is 0 Å². The maximum Gasteiger partial charge on any atom is 0.344 e. The summed E-state index contributed by atoms with van der Waals surface area (Å²) in [6.45, 7) is 3.55. The van der Waals surface area contributed by atoms with Crippen molar-refractivity contribution in [2.45, 2.75) is 20.0 Å². The van der Waals surface area contributed by atoms with Gasteiger partial charge < -0.3 is 14.6 Å². The number of hydrogen-bond donors (Lipinski definition) is 1. The Bertz CT molecular complexity index is 501. The molecule has 104 valence electrons. The summed E-state index contributed by atoms with van der Waals surface area (Å²) in [6.07, 6.45) is -0.369. The molecule has 0 heterocycles. The molecule has 0 aliphatic heterocycles. The lowest BCUT2D eigenvalue weighted by Gasteiger charge is -2.17. The Morgan fingerprint density at radius 2 is 2.11 bits per heavy atom. The second-order valence-corrected chi connectivity index (χ2v) is 5.16. The van der Waals surface area contributed by atoms with E-state index in [-0.39, 0.29) is 5.75 Å². The number of carboxylic acids is 1. The van der Waals surface area contributed by atoms with Crippen LogP contribution in [0.25, 0.3) is 0 Å². The van der Waals surface area contributed by atoms with Crippen LogP contribution < -0.4 is 9.47 Å². The predicted octanol–water partition coefficient (Wildman–Crippen LogP) is 3.27. The van der Waals surface area contributed by atoms with E-state index in [2.05, 4.69) is 31.9 Å². The number of benzene rings is 1. The maximum atomic E-state index is 10.9. The molecule has 0 saturated carbocycles. The average Bonchev–Trinajstić information content (AvgIpc) is 2.37. The zero-order chi connectivity index (χ0) is 14.6. The fraction of sp³-hybridized carbons (Fsp3) is 0.333. The van der Waals surface area contributed by atoms with Crippen molar-refractivity contribution in [3.05, 3.63) is 20.6 Å². The minimum Gasteiger partial charge on any atom is -0.490 e. The van der Waals surface area contributed by atoms with E-state index in [9.17, 15) is 9.59 Å². The van der Waals surface area contributed by atoms with Gasteiger partial charge in [-0.1, -0.05) is 0 Å². The summed E-state index contributed by atoms with van der Waals surface area (Å²) >= 11 is 6.51. The third-order valence-electron chi connectivity index (χ3n) is 2.23. The number of rotatable bonds is 6. The van der Waals surface area contributed by atoms with Crippen LogP contribution in [-0.4, -0.2) is 30.1 Å². The van der Waals surface area contributed by atoms with E-state index >= 15 is 0 Å². The van der Waals surface area contributed by atoms with E-state index in [0.717, 1.165) is 0 Å². The molecule has 5 nitrogen and oxygen atoms in total. The molecule has 0 spiro atoms. The topological polar surface area (TPSA) is 72.8 Å². The van der Waals surface area contributed by atoms with Gasteiger partial charge in [0, 0.05) is 10.0 Å². The Kier molecular flexibility index (Phi) is 5.81. The molecule has 0 aliphatic rings. The Balaban J connectivity index is 3.30. The molecule has 0 bridgehead atoms. The second kappa shape index (κ2) is 6.91. The summed E-state index contributed by atoms with van der Waals surface area (Å²) in [6, 6.07) is 1.50. The number of aldehydes is 1. The van der Waals surface area contributed by atoms with Crippen molar-refractivity contribution in [2.75, 3.05) is 6.61 Å². The highest BCUT2D eigenvalue weighted by molar-refractivity contribution is 9.13. The van der Waals surface area contributed by atoms with Crippen LogP contribution in [0.1, 0.15) is 24.2 Å². The lowest BCUT2D eigenvalue weighted by molar-refractivity contribution is -0.144. The maximum absolute atomic E-state index is 10.9. The third kappa shape index (κ3) is 3.70. The average molecular weight is 396 g/mol. The van der Waals surface area contributed by atoms with Gasteiger partial charge in [-0.3, -0.25) is 4.79 Å². The molecule has 0 aliphatic carbocycles. The normalized spacial score (nSPS) is 11.8. The van der Waals surface area contributed by atoms with Gasteiger partial charge in [0.1, 0.15) is 0 Å². The number of aliphatic carboxylic acids is 1. The van der Waals surface area contributed by atoms with Crippen molar-refractivity contribution in [1.82, 2.24) is 0 Å². The summed E-state index contributed by atoms with van der Waals surface area (Å²) in [5.41, 5.74) is 0.380. The van der Waals surface area contributed by atoms with E-state index < -0.39 is 12.1 Å². The van der Waals surface area contributed by atoms with E-state index in [1.54, 1.807) is 6.92 Å². The number of carbonyl (C=O) groups is 2. The van der Waals surface area contributed by atoms with E-state index in [1.165, 1.54) is 13.0 Å². The van der Waals surface area contributed by atoms with Crippen molar-refractivity contribution in [3.63, 3.8) is 0 Å². The molecule has 0 aromatic heterocycles. The first-order valence-corrected chi connectivity index (χ1v) is 7.00. The van der Waals surface area contributed by atoms with Gasteiger partial charge in [-0.05, 0) is 51.8 Å². The fourth-order valence-corrected chi connectivity index (χ4v) is 2.20. The summed E-state index contributed by atoms with van der Waals surface area (Å²) < 4.78 is 11.6. The highest BCUT2D eigenvalue weighted by Crippen LogP contribution is 2.42. The van der Waals surface area contributed by atoms with Crippen LogP contribution in [0, 0.1) is 0 Å². The quantitative estimate of drug-likeness (QED) is 0.748. The monoisotopic (exact) mass is 394 g/mol. The largest absolute Gasteiger partial charge is 0.490 e. The highest BCUT2D eigenvalue weighted by Gasteiger charge is 2.21. The van der Waals surface area contributed by atoms with Crippen molar-refractivity contribution in [3.8, 4) is 11.5 Å². The zero-order valence-electron chi connectivity index (χ0n) is 10.3. The van der Waals surface area contributed by atoms with Gasteiger partial charge in [-0.25, -0.2) is 4.79 Å². The number of carboxylic acid groups (broad SMARTS) is 1. The zero-order valence-corrected chi connectivity index (χ0v) is 13.4. The molecule has 19 heavy (non-hydrogen) atoms. The first-order valence-electron chi connectivity index (χ1n) is 5.41. The summed E-state index contributed by atoms with van der Waals surface area (Å²) in [5, 5.41) is 8.88. The summed E-state index contributed by atoms with van der Waals surface area (Å²) in [4.78, 5) is 21.8. The predicted molar refractivity (Wildman–Crippen MR) is 76.1 cm³/mol. The Labute approximate surface area is 127 Å². The highest BCUT2D eigenvalue weighted by atomic mass is 79.9. The standard InChI is InChI=1S/C12H12Br2O5/c1-3-18-8-4-7(5-15)9(13)10(14)11(8)19-6(2)12(16)17/h4-6H,3H2,1-2H3,(H,16,17). The molecule has 0 fully saturated rings. The Morgan fingerprint density at radius 3 is 2.58 bits per heavy atom. The summed E-state index contributed by atoms with van der Waals surface area (Å²) in [5.74, 6) is -0.535. The first kappa shape index (κ1) is 16.0. The number of carbonyl (C=O) groups excluding carboxylic acids is 1. The lowest BCUT2D eigenvalue weighted by Crippen LogP contribution is -2.23. The van der Waals surface area contributed by atoms with Gasteiger partial charge >= 0.3 is 5.97 Å². The van der Waals surface area contributed by atoms with Crippen molar-refractivity contribution in [2.24, 2.45) is 0 Å². The third-order valence-corrected chi connectivity index (χ3v) is 4.37. The second-order valence-electron chi connectivity index (χ2n) is 3.57. The minimum absolute atomic E-state index is 0.245. The van der Waals surface area contributed by atoms with Crippen LogP contribution in [0.15, 0.2) is 15.0 Å². The molecule has 0 amide bonds. The number of halogens is 2. The lowest BCUT2D eigenvalue weighted by atomic mass is 10.2. The van der Waals surface area contributed by atoms with Crippen molar-refractivity contribution >= 4 is 44.1 Å². The SMILES string of the molecule is CCOc1cc(C=O)c(Br)c(Br)c1OC(C)C(=O)O. The smallest absolute Gasteiger partial charge is 0.344 e. The molecular formula is C12H12Br2O5. The van der Waals surface area contributed by atoms with Gasteiger partial charge in [0.05, 0.1) is 11.1 Å². The van der Waals surface area contributed by atoms with Crippen LogP contribution in [0.4, 0.5) is 0 Å². The van der Waals surface area contributed by atoms with Crippen molar-refractivity contribution < 1.29 is 24.2 Å². The van der Waals surface area contributed by atoms with Crippen LogP contribution >= 0.6 is 31.9 Å². The van der Waals surface area contributed by atoms with E-state index in [4.69, 9.17) is 14.6 Å². The molecule has 0 saturated heterocycles. The van der Waals surface area contributed by atoms with Crippen LogP contribution in [0.3, 0.4) is 0 Å².